The Bertz CT molecular complexity index is 626. The zero-order valence-electron chi connectivity index (χ0n) is 12.7. The zero-order chi connectivity index (χ0) is 16.2. The van der Waals surface area contributed by atoms with E-state index >= 15 is 0 Å². The Kier molecular flexibility index (Phi) is 4.87. The number of rotatable bonds is 5. The molecule has 1 aromatic carbocycles. The Labute approximate surface area is 127 Å². The van der Waals surface area contributed by atoms with Crippen LogP contribution in [0, 0.1) is 11.6 Å². The second-order valence-corrected chi connectivity index (χ2v) is 5.76. The van der Waals surface area contributed by atoms with E-state index in [1.54, 1.807) is 12.1 Å². The summed E-state index contributed by atoms with van der Waals surface area (Å²) in [4.78, 5) is 7.72. The molecule has 7 heteroatoms. The van der Waals surface area contributed by atoms with Crippen molar-refractivity contribution in [1.82, 2.24) is 15.4 Å². The minimum atomic E-state index is -0.592. The van der Waals surface area contributed by atoms with E-state index in [-0.39, 0.29) is 29.8 Å². The number of ether oxygens (including phenoxy) is 1. The minimum absolute atomic E-state index is 0.000897. The van der Waals surface area contributed by atoms with Gasteiger partial charge in [0, 0.05) is 5.54 Å². The number of hydrazine groups is 1. The molecule has 22 heavy (non-hydrogen) atoms. The molecule has 2 aromatic rings. The number of hydrogen-bond donors (Lipinski definition) is 2. The van der Waals surface area contributed by atoms with E-state index in [9.17, 15) is 8.78 Å². The van der Waals surface area contributed by atoms with Crippen molar-refractivity contribution in [1.29, 1.82) is 0 Å². The lowest BCUT2D eigenvalue weighted by Gasteiger charge is -2.21. The summed E-state index contributed by atoms with van der Waals surface area (Å²) in [5.41, 5.74) is 6.11. The number of anilines is 1. The third-order valence-corrected chi connectivity index (χ3v) is 2.56. The Morgan fingerprint density at radius 1 is 1.14 bits per heavy atom. The van der Waals surface area contributed by atoms with Crippen LogP contribution in [0.25, 0.3) is 0 Å². The van der Waals surface area contributed by atoms with E-state index in [0.29, 0.717) is 0 Å². The van der Waals surface area contributed by atoms with Crippen LogP contribution in [0.15, 0.2) is 30.5 Å². The molecule has 0 fully saturated rings. The molecule has 0 aliphatic rings. The molecule has 0 amide bonds. The summed E-state index contributed by atoms with van der Waals surface area (Å²) >= 11 is 0. The average molecular weight is 308 g/mol. The molecular formula is C15H18F2N4O. The fourth-order valence-electron chi connectivity index (χ4n) is 1.48. The summed E-state index contributed by atoms with van der Waals surface area (Å²) in [5, 5.41) is 0. The molecule has 2 rings (SSSR count). The Hall–Kier alpha value is -2.28. The van der Waals surface area contributed by atoms with Gasteiger partial charge in [-0.1, -0.05) is 12.1 Å². The monoisotopic (exact) mass is 308 g/mol. The molecule has 0 atom stereocenters. The topological polar surface area (TPSA) is 59.1 Å². The standard InChI is InChI=1S/C15H18F2N4O/c1-15(2,3)21-20-13-12(17)8-18-14(19-13)22-9-10-4-6-11(16)7-5-10/h4-8,21H,9H2,1-3H3,(H,18,19,20). The van der Waals surface area contributed by atoms with Crippen LogP contribution in [0.5, 0.6) is 6.01 Å². The van der Waals surface area contributed by atoms with E-state index in [4.69, 9.17) is 4.74 Å². The van der Waals surface area contributed by atoms with Gasteiger partial charge >= 0.3 is 6.01 Å². The maximum atomic E-state index is 13.6. The first-order valence-corrected chi connectivity index (χ1v) is 6.76. The molecule has 2 N–H and O–H groups in total. The molecule has 0 saturated carbocycles. The van der Waals surface area contributed by atoms with Gasteiger partial charge in [-0.15, -0.1) is 0 Å². The molecule has 118 valence electrons. The van der Waals surface area contributed by atoms with Gasteiger partial charge < -0.3 is 10.2 Å². The van der Waals surface area contributed by atoms with Crippen LogP contribution < -0.4 is 15.6 Å². The van der Waals surface area contributed by atoms with Crippen LogP contribution in [-0.4, -0.2) is 15.5 Å². The highest BCUT2D eigenvalue weighted by molar-refractivity contribution is 5.35. The third kappa shape index (κ3) is 4.92. The average Bonchev–Trinajstić information content (AvgIpc) is 2.46. The van der Waals surface area contributed by atoms with Gasteiger partial charge in [0.15, 0.2) is 11.6 Å². The smallest absolute Gasteiger partial charge is 0.318 e. The van der Waals surface area contributed by atoms with E-state index in [1.807, 2.05) is 20.8 Å². The van der Waals surface area contributed by atoms with Crippen molar-refractivity contribution >= 4 is 5.82 Å². The Morgan fingerprint density at radius 3 is 2.45 bits per heavy atom. The molecular weight excluding hydrogens is 290 g/mol. The van der Waals surface area contributed by atoms with Gasteiger partial charge in [-0.25, -0.2) is 19.2 Å². The first-order chi connectivity index (χ1) is 10.3. The van der Waals surface area contributed by atoms with E-state index in [0.717, 1.165) is 11.8 Å². The Morgan fingerprint density at radius 2 is 1.82 bits per heavy atom. The maximum Gasteiger partial charge on any atom is 0.318 e. The van der Waals surface area contributed by atoms with Crippen LogP contribution in [0.1, 0.15) is 26.3 Å². The largest absolute Gasteiger partial charge is 0.459 e. The summed E-state index contributed by atoms with van der Waals surface area (Å²) in [6.07, 6.45) is 1.03. The van der Waals surface area contributed by atoms with Crippen molar-refractivity contribution in [2.24, 2.45) is 0 Å². The van der Waals surface area contributed by atoms with Gasteiger partial charge in [0.25, 0.3) is 0 Å². The quantitative estimate of drug-likeness (QED) is 0.831. The second kappa shape index (κ2) is 6.65. The number of nitrogens with one attached hydrogen (secondary N) is 2. The molecule has 0 saturated heterocycles. The van der Waals surface area contributed by atoms with Crippen molar-refractivity contribution in [3.8, 4) is 6.01 Å². The highest BCUT2D eigenvalue weighted by Crippen LogP contribution is 2.14. The molecule has 0 unspecified atom stereocenters. The predicted molar refractivity (Wildman–Crippen MR) is 79.2 cm³/mol. The molecule has 0 bridgehead atoms. The summed E-state index contributed by atoms with van der Waals surface area (Å²) < 4.78 is 31.8. The van der Waals surface area contributed by atoms with Gasteiger partial charge in [0.1, 0.15) is 12.4 Å². The summed E-state index contributed by atoms with van der Waals surface area (Å²) in [7, 11) is 0. The fraction of sp³-hybridized carbons (Fsp3) is 0.333. The van der Waals surface area contributed by atoms with Crippen molar-refractivity contribution in [2.45, 2.75) is 32.9 Å². The van der Waals surface area contributed by atoms with Crippen LogP contribution in [-0.2, 0) is 6.61 Å². The van der Waals surface area contributed by atoms with Gasteiger partial charge in [-0.05, 0) is 38.5 Å². The first-order valence-electron chi connectivity index (χ1n) is 6.76. The van der Waals surface area contributed by atoms with Gasteiger partial charge in [0.2, 0.25) is 0 Å². The van der Waals surface area contributed by atoms with E-state index in [1.165, 1.54) is 12.1 Å². The zero-order valence-corrected chi connectivity index (χ0v) is 12.7. The van der Waals surface area contributed by atoms with Crippen LogP contribution in [0.4, 0.5) is 14.6 Å². The lowest BCUT2D eigenvalue weighted by atomic mass is 10.1. The predicted octanol–water partition coefficient (Wildman–Crippen LogP) is 3.05. The number of benzene rings is 1. The third-order valence-electron chi connectivity index (χ3n) is 2.56. The molecule has 0 radical (unpaired) electrons. The highest BCUT2D eigenvalue weighted by Gasteiger charge is 2.12. The molecule has 0 spiro atoms. The molecule has 0 aliphatic carbocycles. The molecule has 1 heterocycles. The normalized spacial score (nSPS) is 11.3. The van der Waals surface area contributed by atoms with Gasteiger partial charge in [0.05, 0.1) is 6.20 Å². The SMILES string of the molecule is CC(C)(C)NNc1nc(OCc2ccc(F)cc2)ncc1F. The summed E-state index contributed by atoms with van der Waals surface area (Å²) in [5.74, 6) is -0.911. The highest BCUT2D eigenvalue weighted by atomic mass is 19.1. The number of aromatic nitrogens is 2. The second-order valence-electron chi connectivity index (χ2n) is 5.76. The van der Waals surface area contributed by atoms with Crippen LogP contribution in [0.3, 0.4) is 0 Å². The first kappa shape index (κ1) is 16.1. The van der Waals surface area contributed by atoms with Crippen LogP contribution >= 0.6 is 0 Å². The number of nitrogens with zero attached hydrogens (tertiary/aromatic N) is 2. The molecule has 5 nitrogen and oxygen atoms in total. The summed E-state index contributed by atoms with van der Waals surface area (Å²) in [6.45, 7) is 5.93. The Balaban J connectivity index is 2.01. The molecule has 1 aromatic heterocycles. The van der Waals surface area contributed by atoms with Crippen molar-refractivity contribution in [3.63, 3.8) is 0 Å². The molecule has 0 aliphatic heterocycles. The number of halogens is 2. The van der Waals surface area contributed by atoms with Crippen molar-refractivity contribution in [2.75, 3.05) is 5.43 Å². The van der Waals surface area contributed by atoms with Crippen molar-refractivity contribution in [3.05, 3.63) is 47.7 Å². The van der Waals surface area contributed by atoms with E-state index in [2.05, 4.69) is 20.8 Å². The van der Waals surface area contributed by atoms with Crippen molar-refractivity contribution < 1.29 is 13.5 Å². The van der Waals surface area contributed by atoms with Gasteiger partial charge in [-0.3, -0.25) is 0 Å². The fourth-order valence-corrected chi connectivity index (χ4v) is 1.48. The summed E-state index contributed by atoms with van der Waals surface area (Å²) in [6, 6.07) is 5.90. The number of hydrogen-bond acceptors (Lipinski definition) is 5. The van der Waals surface area contributed by atoms with E-state index < -0.39 is 5.82 Å². The van der Waals surface area contributed by atoms with Crippen LogP contribution in [0.2, 0.25) is 0 Å². The lowest BCUT2D eigenvalue weighted by Crippen LogP contribution is -2.40. The van der Waals surface area contributed by atoms with Gasteiger partial charge in [-0.2, -0.15) is 4.98 Å². The lowest BCUT2D eigenvalue weighted by molar-refractivity contribution is 0.279. The minimum Gasteiger partial charge on any atom is -0.459 e. The maximum absolute atomic E-state index is 13.6.